The van der Waals surface area contributed by atoms with E-state index in [0.717, 1.165) is 65.6 Å². The molecule has 3 aromatic rings. The molecule has 0 spiro atoms. The van der Waals surface area contributed by atoms with Gasteiger partial charge in [0.2, 0.25) is 0 Å². The predicted octanol–water partition coefficient (Wildman–Crippen LogP) is 5.43. The van der Waals surface area contributed by atoms with Gasteiger partial charge in [-0.2, -0.15) is 0 Å². The van der Waals surface area contributed by atoms with E-state index in [1.54, 1.807) is 11.3 Å². The van der Waals surface area contributed by atoms with Crippen LogP contribution in [-0.2, 0) is 13.1 Å². The summed E-state index contributed by atoms with van der Waals surface area (Å²) in [6, 6.07) is 16.1. The third kappa shape index (κ3) is 4.71. The Labute approximate surface area is 174 Å². The Hall–Kier alpha value is -1.43. The minimum absolute atomic E-state index is 0.751. The second-order valence-corrected chi connectivity index (χ2v) is 8.44. The Bertz CT molecular complexity index is 869. The molecule has 0 bridgehead atoms. The summed E-state index contributed by atoms with van der Waals surface area (Å²) in [6.45, 7) is 5.79. The van der Waals surface area contributed by atoms with E-state index in [0.29, 0.717) is 0 Å². The van der Waals surface area contributed by atoms with Gasteiger partial charge in [0.1, 0.15) is 5.01 Å². The number of rotatable bonds is 5. The van der Waals surface area contributed by atoms with E-state index in [1.165, 1.54) is 5.56 Å². The van der Waals surface area contributed by atoms with Crippen molar-refractivity contribution in [2.45, 2.75) is 13.1 Å². The van der Waals surface area contributed by atoms with Crippen LogP contribution in [0.4, 0.5) is 0 Å². The number of halogens is 2. The van der Waals surface area contributed by atoms with Crippen LogP contribution in [0.2, 0.25) is 10.0 Å². The summed E-state index contributed by atoms with van der Waals surface area (Å²) >= 11 is 14.3. The topological polar surface area (TPSA) is 19.4 Å². The van der Waals surface area contributed by atoms with Gasteiger partial charge in [-0.25, -0.2) is 4.98 Å². The monoisotopic (exact) mass is 417 g/mol. The van der Waals surface area contributed by atoms with Gasteiger partial charge in [0.25, 0.3) is 0 Å². The van der Waals surface area contributed by atoms with Gasteiger partial charge in [-0.1, -0.05) is 59.6 Å². The fraction of sp³-hybridized carbons (Fsp3) is 0.286. The van der Waals surface area contributed by atoms with E-state index < -0.39 is 0 Å². The first kappa shape index (κ1) is 18.9. The van der Waals surface area contributed by atoms with Crippen LogP contribution in [0.3, 0.4) is 0 Å². The summed E-state index contributed by atoms with van der Waals surface area (Å²) in [6.07, 6.45) is 0. The van der Waals surface area contributed by atoms with Crippen LogP contribution in [0.25, 0.3) is 10.6 Å². The molecule has 1 aliphatic rings. The zero-order valence-electron chi connectivity index (χ0n) is 14.9. The van der Waals surface area contributed by atoms with E-state index >= 15 is 0 Å². The van der Waals surface area contributed by atoms with Gasteiger partial charge in [-0.05, 0) is 12.1 Å². The maximum Gasteiger partial charge on any atom is 0.123 e. The molecule has 3 nitrogen and oxygen atoms in total. The largest absolute Gasteiger partial charge is 0.296 e. The van der Waals surface area contributed by atoms with Crippen molar-refractivity contribution in [1.82, 2.24) is 14.8 Å². The lowest BCUT2D eigenvalue weighted by Crippen LogP contribution is -2.45. The highest BCUT2D eigenvalue weighted by atomic mass is 35.5. The Morgan fingerprint density at radius 3 is 2.11 bits per heavy atom. The van der Waals surface area contributed by atoms with E-state index in [4.69, 9.17) is 28.2 Å². The van der Waals surface area contributed by atoms with Crippen molar-refractivity contribution >= 4 is 34.5 Å². The van der Waals surface area contributed by atoms with E-state index in [1.807, 2.05) is 24.3 Å². The quantitative estimate of drug-likeness (QED) is 0.551. The molecule has 0 N–H and O–H groups in total. The van der Waals surface area contributed by atoms with Crippen molar-refractivity contribution in [1.29, 1.82) is 0 Å². The molecule has 0 amide bonds. The van der Waals surface area contributed by atoms with Gasteiger partial charge < -0.3 is 0 Å². The first-order valence-electron chi connectivity index (χ1n) is 9.06. The molecule has 1 aromatic heterocycles. The van der Waals surface area contributed by atoms with Gasteiger partial charge in [0.15, 0.2) is 0 Å². The third-order valence-corrected chi connectivity index (χ3v) is 6.51. The third-order valence-electron chi connectivity index (χ3n) is 4.87. The molecule has 1 saturated heterocycles. The minimum Gasteiger partial charge on any atom is -0.296 e. The van der Waals surface area contributed by atoms with Crippen molar-refractivity contribution in [3.05, 3.63) is 75.2 Å². The van der Waals surface area contributed by atoms with Crippen LogP contribution in [0, 0.1) is 0 Å². The lowest BCUT2D eigenvalue weighted by Gasteiger charge is -2.34. The molecule has 140 valence electrons. The SMILES string of the molecule is Clc1cccc(Cl)c1CN1CCN(Cc2csc(-c3ccccc3)n2)CC1. The Morgan fingerprint density at radius 1 is 0.815 bits per heavy atom. The van der Waals surface area contributed by atoms with Gasteiger partial charge in [-0.15, -0.1) is 11.3 Å². The fourth-order valence-corrected chi connectivity index (χ4v) is 4.67. The zero-order chi connectivity index (χ0) is 18.6. The Morgan fingerprint density at radius 2 is 1.44 bits per heavy atom. The molecule has 2 heterocycles. The van der Waals surface area contributed by atoms with Crippen molar-refractivity contribution in [3.63, 3.8) is 0 Å². The molecule has 1 aliphatic heterocycles. The lowest BCUT2D eigenvalue weighted by atomic mass is 10.2. The van der Waals surface area contributed by atoms with Crippen LogP contribution in [0.15, 0.2) is 53.9 Å². The molecule has 1 fully saturated rings. The van der Waals surface area contributed by atoms with Gasteiger partial charge in [0.05, 0.1) is 5.69 Å². The smallest absolute Gasteiger partial charge is 0.123 e. The molecule has 2 aromatic carbocycles. The van der Waals surface area contributed by atoms with Crippen LogP contribution >= 0.6 is 34.5 Å². The summed E-state index contributed by atoms with van der Waals surface area (Å²) in [4.78, 5) is 9.70. The highest BCUT2D eigenvalue weighted by Gasteiger charge is 2.19. The molecule has 27 heavy (non-hydrogen) atoms. The van der Waals surface area contributed by atoms with Crippen LogP contribution in [0.5, 0.6) is 0 Å². The molecule has 0 radical (unpaired) electrons. The first-order valence-corrected chi connectivity index (χ1v) is 10.7. The number of hydrogen-bond acceptors (Lipinski definition) is 4. The average molecular weight is 418 g/mol. The number of piperazine rings is 1. The van der Waals surface area contributed by atoms with E-state index in [2.05, 4.69) is 39.4 Å². The predicted molar refractivity (Wildman–Crippen MR) is 115 cm³/mol. The number of benzene rings is 2. The number of aromatic nitrogens is 1. The Balaban J connectivity index is 1.32. The van der Waals surface area contributed by atoms with Crippen molar-refractivity contribution in [2.24, 2.45) is 0 Å². The summed E-state index contributed by atoms with van der Waals surface area (Å²) in [7, 11) is 0. The molecule has 0 unspecified atom stereocenters. The second kappa shape index (κ2) is 8.72. The fourth-order valence-electron chi connectivity index (χ4n) is 3.33. The molecular weight excluding hydrogens is 397 g/mol. The van der Waals surface area contributed by atoms with Gasteiger partial charge in [-0.3, -0.25) is 9.80 Å². The van der Waals surface area contributed by atoms with Gasteiger partial charge >= 0.3 is 0 Å². The normalized spacial score (nSPS) is 15.9. The lowest BCUT2D eigenvalue weighted by molar-refractivity contribution is 0.121. The van der Waals surface area contributed by atoms with Crippen molar-refractivity contribution in [3.8, 4) is 10.6 Å². The molecule has 4 rings (SSSR count). The first-order chi connectivity index (χ1) is 13.2. The van der Waals surface area contributed by atoms with Crippen LogP contribution in [0.1, 0.15) is 11.3 Å². The highest BCUT2D eigenvalue weighted by Crippen LogP contribution is 2.27. The minimum atomic E-state index is 0.751. The molecule has 0 aliphatic carbocycles. The molecule has 0 saturated carbocycles. The molecule has 0 atom stereocenters. The van der Waals surface area contributed by atoms with E-state index in [-0.39, 0.29) is 0 Å². The van der Waals surface area contributed by atoms with E-state index in [9.17, 15) is 0 Å². The van der Waals surface area contributed by atoms with Crippen LogP contribution in [-0.4, -0.2) is 41.0 Å². The maximum absolute atomic E-state index is 6.31. The number of hydrogen-bond donors (Lipinski definition) is 0. The standard InChI is InChI=1S/C21H21Cl2N3S/c22-19-7-4-8-20(23)18(19)14-26-11-9-25(10-12-26)13-17-15-27-21(24-17)16-5-2-1-3-6-16/h1-8,15H,9-14H2. The highest BCUT2D eigenvalue weighted by molar-refractivity contribution is 7.13. The summed E-state index contributed by atoms with van der Waals surface area (Å²) in [5.74, 6) is 0. The second-order valence-electron chi connectivity index (χ2n) is 6.76. The van der Waals surface area contributed by atoms with Crippen LogP contribution < -0.4 is 0 Å². The summed E-state index contributed by atoms with van der Waals surface area (Å²) in [5, 5.41) is 4.78. The molecule has 6 heteroatoms. The number of thiazole rings is 1. The summed E-state index contributed by atoms with van der Waals surface area (Å²) < 4.78 is 0. The maximum atomic E-state index is 6.31. The summed E-state index contributed by atoms with van der Waals surface area (Å²) in [5.41, 5.74) is 3.37. The van der Waals surface area contributed by atoms with Gasteiger partial charge in [0, 0.05) is 65.8 Å². The Kier molecular flexibility index (Phi) is 6.11. The van der Waals surface area contributed by atoms with Crippen molar-refractivity contribution < 1.29 is 0 Å². The van der Waals surface area contributed by atoms with Crippen molar-refractivity contribution in [2.75, 3.05) is 26.2 Å². The number of nitrogens with zero attached hydrogens (tertiary/aromatic N) is 3. The molecular formula is C21H21Cl2N3S. The average Bonchev–Trinajstić information content (AvgIpc) is 3.15. The zero-order valence-corrected chi connectivity index (χ0v) is 17.3.